The van der Waals surface area contributed by atoms with E-state index in [2.05, 4.69) is 34.3 Å². The van der Waals surface area contributed by atoms with E-state index in [1.54, 1.807) is 33.0 Å². The minimum Gasteiger partial charge on any atom is -0.455 e. The number of nitrogens with zero attached hydrogens (tertiary/aromatic N) is 2. The van der Waals surface area contributed by atoms with Crippen LogP contribution >= 0.6 is 0 Å². The van der Waals surface area contributed by atoms with E-state index in [0.29, 0.717) is 35.5 Å². The van der Waals surface area contributed by atoms with Gasteiger partial charge in [0, 0.05) is 40.9 Å². The second-order valence-electron chi connectivity index (χ2n) is 11.6. The summed E-state index contributed by atoms with van der Waals surface area (Å²) in [5.74, 6) is -0.747. The normalized spacial score (nSPS) is 18.7. The molecule has 0 spiro atoms. The van der Waals surface area contributed by atoms with E-state index >= 15 is 0 Å². The lowest BCUT2D eigenvalue weighted by molar-refractivity contribution is -0.118. The first kappa shape index (κ1) is 25.6. The number of H-pyrrole nitrogens is 1. The van der Waals surface area contributed by atoms with E-state index in [4.69, 9.17) is 4.74 Å². The molecule has 2 N–H and O–H groups in total. The highest BCUT2D eigenvalue weighted by molar-refractivity contribution is 6.03. The molecule has 3 aromatic rings. The zero-order valence-corrected chi connectivity index (χ0v) is 22.2. The van der Waals surface area contributed by atoms with Gasteiger partial charge in [-0.2, -0.15) is 5.10 Å². The number of aromatic amines is 1. The Balaban J connectivity index is 1.53. The monoisotopic (exact) mass is 514 g/mol. The molecule has 2 aliphatic rings. The summed E-state index contributed by atoms with van der Waals surface area (Å²) in [5.41, 5.74) is 3.52. The number of ether oxygens (including phenoxy) is 1. The van der Waals surface area contributed by atoms with Crippen LogP contribution in [-0.4, -0.2) is 32.5 Å². The van der Waals surface area contributed by atoms with Gasteiger partial charge >= 0.3 is 5.97 Å². The van der Waals surface area contributed by atoms with E-state index in [9.17, 15) is 14.0 Å². The van der Waals surface area contributed by atoms with E-state index in [1.807, 2.05) is 30.4 Å². The highest BCUT2D eigenvalue weighted by Crippen LogP contribution is 2.47. The minimum atomic E-state index is -0.696. The molecule has 1 atom stereocenters. The molecule has 0 radical (unpaired) electrons. The fourth-order valence-electron chi connectivity index (χ4n) is 5.06. The Kier molecular flexibility index (Phi) is 6.29. The number of fused-ring (bicyclic) bond motifs is 1. The first-order chi connectivity index (χ1) is 17.9. The van der Waals surface area contributed by atoms with Crippen molar-refractivity contribution in [2.24, 2.45) is 5.41 Å². The van der Waals surface area contributed by atoms with Gasteiger partial charge in [0.1, 0.15) is 17.2 Å². The number of benzene rings is 1. The summed E-state index contributed by atoms with van der Waals surface area (Å²) in [4.78, 5) is 31.0. The van der Waals surface area contributed by atoms with Crippen LogP contribution in [-0.2, 0) is 9.53 Å². The Morgan fingerprint density at radius 1 is 1.16 bits per heavy atom. The van der Waals surface area contributed by atoms with Gasteiger partial charge in [0.25, 0.3) is 0 Å². The number of carbonyl (C=O) groups excluding carboxylic acids is 2. The van der Waals surface area contributed by atoms with E-state index in [0.717, 1.165) is 16.8 Å². The summed E-state index contributed by atoms with van der Waals surface area (Å²) in [6.45, 7) is 9.53. The number of ketones is 1. The molecule has 0 bridgehead atoms. The molecule has 0 saturated heterocycles. The van der Waals surface area contributed by atoms with Crippen molar-refractivity contribution < 1.29 is 18.7 Å². The highest BCUT2D eigenvalue weighted by Gasteiger charge is 2.42. The third-order valence-electron chi connectivity index (χ3n) is 6.62. The lowest BCUT2D eigenvalue weighted by Gasteiger charge is -2.37. The van der Waals surface area contributed by atoms with Crippen molar-refractivity contribution in [1.82, 2.24) is 15.2 Å². The first-order valence-corrected chi connectivity index (χ1v) is 12.7. The topological polar surface area (TPSA) is 97.0 Å². The number of carbonyl (C=O) groups is 2. The van der Waals surface area contributed by atoms with Crippen LogP contribution in [0.5, 0.6) is 0 Å². The third kappa shape index (κ3) is 5.16. The molecule has 1 unspecified atom stereocenters. The van der Waals surface area contributed by atoms with Crippen molar-refractivity contribution in [2.45, 2.75) is 59.0 Å². The highest BCUT2D eigenvalue weighted by atomic mass is 19.1. The van der Waals surface area contributed by atoms with Gasteiger partial charge in [-0.3, -0.25) is 14.9 Å². The van der Waals surface area contributed by atoms with Crippen LogP contribution in [0.25, 0.3) is 17.2 Å². The molecular weight excluding hydrogens is 483 g/mol. The number of esters is 1. The van der Waals surface area contributed by atoms with Crippen LogP contribution in [0.4, 0.5) is 10.2 Å². The fourth-order valence-corrected chi connectivity index (χ4v) is 5.06. The van der Waals surface area contributed by atoms with Gasteiger partial charge in [-0.15, -0.1) is 0 Å². The zero-order chi connectivity index (χ0) is 27.2. The fraction of sp³-hybridized carbons (Fsp3) is 0.333. The number of hydrogen-bond donors (Lipinski definition) is 2. The SMILES string of the molecule is CC1(C)CC(=O)C2=C(C1)Nc1[nH]nc(C(=O)OC(C)(C)C)c1C2C=Cc1ccc(-c2cccc(F)c2)cn1. The molecule has 7 nitrogen and oxygen atoms in total. The lowest BCUT2D eigenvalue weighted by atomic mass is 9.70. The number of Topliss-reactive ketones (excluding diaryl/α,β-unsaturated/α-hetero) is 1. The van der Waals surface area contributed by atoms with Crippen LogP contribution in [0.15, 0.2) is 59.9 Å². The molecule has 1 aromatic carbocycles. The lowest BCUT2D eigenvalue weighted by Crippen LogP contribution is -2.33. The predicted molar refractivity (Wildman–Crippen MR) is 144 cm³/mol. The Labute approximate surface area is 221 Å². The molecule has 3 heterocycles. The quantitative estimate of drug-likeness (QED) is 0.389. The van der Waals surface area contributed by atoms with Gasteiger partial charge < -0.3 is 10.1 Å². The first-order valence-electron chi connectivity index (χ1n) is 12.7. The van der Waals surface area contributed by atoms with Crippen LogP contribution < -0.4 is 5.32 Å². The van der Waals surface area contributed by atoms with Crippen LogP contribution in [0.1, 0.15) is 75.1 Å². The summed E-state index contributed by atoms with van der Waals surface area (Å²) in [5, 5.41) is 10.6. The van der Waals surface area contributed by atoms with Gasteiger partial charge in [-0.1, -0.05) is 38.1 Å². The number of rotatable bonds is 4. The summed E-state index contributed by atoms with van der Waals surface area (Å²) < 4.78 is 19.2. The molecule has 1 aliphatic carbocycles. The van der Waals surface area contributed by atoms with Crippen molar-refractivity contribution in [3.63, 3.8) is 0 Å². The molecule has 0 fully saturated rings. The maximum Gasteiger partial charge on any atom is 0.359 e. The van der Waals surface area contributed by atoms with E-state index in [-0.39, 0.29) is 22.7 Å². The molecule has 2 aromatic heterocycles. The van der Waals surface area contributed by atoms with E-state index in [1.165, 1.54) is 12.1 Å². The van der Waals surface area contributed by atoms with E-state index < -0.39 is 17.5 Å². The Hall–Kier alpha value is -4.07. The van der Waals surface area contributed by atoms with Gasteiger partial charge in [-0.05, 0) is 62.4 Å². The number of anilines is 1. The number of nitrogens with one attached hydrogen (secondary N) is 2. The van der Waals surface area contributed by atoms with Gasteiger partial charge in [0.15, 0.2) is 11.5 Å². The number of aromatic nitrogens is 3. The number of allylic oxidation sites excluding steroid dienone is 3. The van der Waals surface area contributed by atoms with Crippen molar-refractivity contribution in [3.05, 3.63) is 82.7 Å². The predicted octanol–water partition coefficient (Wildman–Crippen LogP) is 6.43. The minimum absolute atomic E-state index is 0.0369. The molecule has 8 heteroatoms. The summed E-state index contributed by atoms with van der Waals surface area (Å²) in [6, 6.07) is 10.1. The second kappa shape index (κ2) is 9.35. The molecule has 196 valence electrons. The van der Waals surface area contributed by atoms with Crippen LogP contribution in [0, 0.1) is 11.2 Å². The van der Waals surface area contributed by atoms with Gasteiger partial charge in [-0.25, -0.2) is 9.18 Å². The average molecular weight is 515 g/mol. The van der Waals surface area contributed by atoms with Crippen molar-refractivity contribution >= 4 is 23.6 Å². The molecular formula is C30H31FN4O3. The number of pyridine rings is 1. The van der Waals surface area contributed by atoms with Crippen molar-refractivity contribution in [3.8, 4) is 11.1 Å². The summed E-state index contributed by atoms with van der Waals surface area (Å²) in [6.07, 6.45) is 6.51. The summed E-state index contributed by atoms with van der Waals surface area (Å²) >= 11 is 0. The standard InChI is InChI=1S/C30H31FN4O3/c1-29(2,3)38-28(37)26-25-21(24-22(33-27(25)35-34-26)14-30(4,5)15-23(24)36)12-11-20-10-9-18(16-32-20)17-7-6-8-19(31)13-17/h6-13,16,21H,14-15H2,1-5H3,(H2,33,34,35). The zero-order valence-electron chi connectivity index (χ0n) is 22.2. The Morgan fingerprint density at radius 2 is 1.95 bits per heavy atom. The maximum atomic E-state index is 13.6. The largest absolute Gasteiger partial charge is 0.455 e. The number of halogens is 1. The second-order valence-corrected chi connectivity index (χ2v) is 11.6. The van der Waals surface area contributed by atoms with Gasteiger partial charge in [0.05, 0.1) is 5.69 Å². The van der Waals surface area contributed by atoms with Crippen LogP contribution in [0.3, 0.4) is 0 Å². The third-order valence-corrected chi connectivity index (χ3v) is 6.62. The number of hydrogen-bond acceptors (Lipinski definition) is 6. The molecule has 5 rings (SSSR count). The van der Waals surface area contributed by atoms with Gasteiger partial charge in [0.2, 0.25) is 0 Å². The van der Waals surface area contributed by atoms with Crippen molar-refractivity contribution in [1.29, 1.82) is 0 Å². The Morgan fingerprint density at radius 3 is 2.63 bits per heavy atom. The molecule has 1 aliphatic heterocycles. The molecule has 38 heavy (non-hydrogen) atoms. The molecule has 0 saturated carbocycles. The van der Waals surface area contributed by atoms with Crippen molar-refractivity contribution in [2.75, 3.05) is 5.32 Å². The summed E-state index contributed by atoms with van der Waals surface area (Å²) in [7, 11) is 0. The maximum absolute atomic E-state index is 13.6. The average Bonchev–Trinajstić information content (AvgIpc) is 3.24. The smallest absolute Gasteiger partial charge is 0.359 e. The Bertz CT molecular complexity index is 1480. The molecule has 0 amide bonds. The van der Waals surface area contributed by atoms with Crippen LogP contribution in [0.2, 0.25) is 0 Å².